The third-order valence-electron chi connectivity index (χ3n) is 3.23. The predicted molar refractivity (Wildman–Crippen MR) is 63.6 cm³/mol. The second-order valence-electron chi connectivity index (χ2n) is 4.26. The van der Waals surface area contributed by atoms with E-state index in [4.69, 9.17) is 4.74 Å². The van der Waals surface area contributed by atoms with Crippen LogP contribution in [0.5, 0.6) is 0 Å². The van der Waals surface area contributed by atoms with Gasteiger partial charge in [-0.05, 0) is 17.4 Å². The third kappa shape index (κ3) is 2.16. The van der Waals surface area contributed by atoms with Crippen LogP contribution < -0.4 is 0 Å². The number of methoxy groups -OCH3 is 1. The average Bonchev–Trinajstić information content (AvgIpc) is 2.97. The van der Waals surface area contributed by atoms with Crippen LogP contribution in [0.1, 0.15) is 12.5 Å². The molecule has 0 spiro atoms. The van der Waals surface area contributed by atoms with E-state index in [0.29, 0.717) is 11.8 Å². The summed E-state index contributed by atoms with van der Waals surface area (Å²) >= 11 is 0. The number of hydrogen-bond donors (Lipinski definition) is 0. The van der Waals surface area contributed by atoms with Gasteiger partial charge in [0.15, 0.2) is 0 Å². The minimum atomic E-state index is -0.0878. The Bertz CT molecular complexity index is 394. The van der Waals surface area contributed by atoms with Crippen molar-refractivity contribution < 1.29 is 9.53 Å². The number of hydrogen-bond acceptors (Lipinski definition) is 2. The Morgan fingerprint density at radius 2 is 2.00 bits per heavy atom. The van der Waals surface area contributed by atoms with Crippen molar-refractivity contribution in [2.45, 2.75) is 6.92 Å². The van der Waals surface area contributed by atoms with Crippen LogP contribution in [0.4, 0.5) is 0 Å². The molecular weight excluding hydrogens is 200 g/mol. The first-order valence-electron chi connectivity index (χ1n) is 5.55. The van der Waals surface area contributed by atoms with Crippen molar-refractivity contribution in [3.8, 4) is 0 Å². The molecule has 2 heteroatoms. The number of allylic oxidation sites excluding steroid dienone is 1. The molecule has 1 fully saturated rings. The SMILES string of the molecule is COC(=O)[C@@H]1[C@H](C)[C@@H]1/C=C/c1ccccc1. The summed E-state index contributed by atoms with van der Waals surface area (Å²) in [5.41, 5.74) is 1.17. The zero-order valence-corrected chi connectivity index (χ0v) is 9.59. The van der Waals surface area contributed by atoms with Crippen LogP contribution >= 0.6 is 0 Å². The smallest absolute Gasteiger partial charge is 0.309 e. The van der Waals surface area contributed by atoms with Gasteiger partial charge in [0.25, 0.3) is 0 Å². The zero-order chi connectivity index (χ0) is 11.5. The lowest BCUT2D eigenvalue weighted by molar-refractivity contribution is -0.142. The van der Waals surface area contributed by atoms with Crippen LogP contribution in [0.25, 0.3) is 6.08 Å². The van der Waals surface area contributed by atoms with Crippen molar-refractivity contribution in [3.63, 3.8) is 0 Å². The highest BCUT2D eigenvalue weighted by atomic mass is 16.5. The first kappa shape index (κ1) is 10.9. The Morgan fingerprint density at radius 1 is 1.31 bits per heavy atom. The van der Waals surface area contributed by atoms with Gasteiger partial charge in [-0.15, -0.1) is 0 Å². The van der Waals surface area contributed by atoms with Gasteiger partial charge < -0.3 is 4.74 Å². The number of benzene rings is 1. The summed E-state index contributed by atoms with van der Waals surface area (Å²) in [6.07, 6.45) is 4.19. The first-order chi connectivity index (χ1) is 7.74. The van der Waals surface area contributed by atoms with Crippen LogP contribution in [0.3, 0.4) is 0 Å². The molecule has 3 atom stereocenters. The second kappa shape index (κ2) is 4.52. The molecule has 0 amide bonds. The summed E-state index contributed by atoms with van der Waals surface area (Å²) in [5.74, 6) is 0.722. The molecule has 1 aliphatic rings. The minimum Gasteiger partial charge on any atom is -0.469 e. The summed E-state index contributed by atoms with van der Waals surface area (Å²) in [7, 11) is 1.45. The highest BCUT2D eigenvalue weighted by molar-refractivity contribution is 5.77. The molecular formula is C14H16O2. The van der Waals surface area contributed by atoms with Crippen molar-refractivity contribution >= 4 is 12.0 Å². The highest BCUT2D eigenvalue weighted by Crippen LogP contribution is 2.47. The molecule has 0 aliphatic heterocycles. The van der Waals surface area contributed by atoms with E-state index in [1.807, 2.05) is 18.2 Å². The van der Waals surface area contributed by atoms with Crippen molar-refractivity contribution in [2.24, 2.45) is 17.8 Å². The van der Waals surface area contributed by atoms with E-state index in [1.54, 1.807) is 0 Å². The third-order valence-corrected chi connectivity index (χ3v) is 3.23. The van der Waals surface area contributed by atoms with Crippen LogP contribution in [0.2, 0.25) is 0 Å². The first-order valence-corrected chi connectivity index (χ1v) is 5.55. The minimum absolute atomic E-state index is 0.0602. The van der Waals surface area contributed by atoms with Crippen LogP contribution in [0.15, 0.2) is 36.4 Å². The van der Waals surface area contributed by atoms with Crippen molar-refractivity contribution in [1.82, 2.24) is 0 Å². The van der Waals surface area contributed by atoms with Gasteiger partial charge in [-0.1, -0.05) is 49.4 Å². The van der Waals surface area contributed by atoms with Gasteiger partial charge in [0, 0.05) is 0 Å². The topological polar surface area (TPSA) is 26.3 Å². The van der Waals surface area contributed by atoms with Crippen LogP contribution in [-0.2, 0) is 9.53 Å². The summed E-state index contributed by atoms with van der Waals surface area (Å²) in [5, 5.41) is 0. The number of rotatable bonds is 3. The van der Waals surface area contributed by atoms with E-state index >= 15 is 0 Å². The highest BCUT2D eigenvalue weighted by Gasteiger charge is 2.50. The second-order valence-corrected chi connectivity index (χ2v) is 4.26. The van der Waals surface area contributed by atoms with Gasteiger partial charge in [0.2, 0.25) is 0 Å². The molecule has 2 nitrogen and oxygen atoms in total. The van der Waals surface area contributed by atoms with Gasteiger partial charge in [-0.2, -0.15) is 0 Å². The van der Waals surface area contributed by atoms with Gasteiger partial charge in [0.1, 0.15) is 0 Å². The van der Waals surface area contributed by atoms with Crippen LogP contribution in [-0.4, -0.2) is 13.1 Å². The van der Waals surface area contributed by atoms with Gasteiger partial charge >= 0.3 is 5.97 Å². The monoisotopic (exact) mass is 216 g/mol. The number of ether oxygens (including phenoxy) is 1. The largest absolute Gasteiger partial charge is 0.469 e. The number of carbonyl (C=O) groups is 1. The molecule has 0 heterocycles. The summed E-state index contributed by atoms with van der Waals surface area (Å²) < 4.78 is 4.75. The van der Waals surface area contributed by atoms with Gasteiger partial charge in [0.05, 0.1) is 13.0 Å². The molecule has 1 aromatic rings. The van der Waals surface area contributed by atoms with E-state index in [2.05, 4.69) is 31.2 Å². The Kier molecular flexibility index (Phi) is 3.09. The van der Waals surface area contributed by atoms with Crippen molar-refractivity contribution in [2.75, 3.05) is 7.11 Å². The van der Waals surface area contributed by atoms with E-state index in [9.17, 15) is 4.79 Å². The van der Waals surface area contributed by atoms with Crippen LogP contribution in [0, 0.1) is 17.8 Å². The fourth-order valence-corrected chi connectivity index (χ4v) is 2.08. The van der Waals surface area contributed by atoms with E-state index in [0.717, 1.165) is 0 Å². The maximum absolute atomic E-state index is 11.4. The molecule has 16 heavy (non-hydrogen) atoms. The molecule has 84 valence electrons. The molecule has 0 unspecified atom stereocenters. The lowest BCUT2D eigenvalue weighted by atomic mass is 10.2. The fourth-order valence-electron chi connectivity index (χ4n) is 2.08. The van der Waals surface area contributed by atoms with Gasteiger partial charge in [-0.25, -0.2) is 0 Å². The molecule has 2 rings (SSSR count). The predicted octanol–water partition coefficient (Wildman–Crippen LogP) is 2.75. The Hall–Kier alpha value is -1.57. The van der Waals surface area contributed by atoms with E-state index < -0.39 is 0 Å². The quantitative estimate of drug-likeness (QED) is 0.726. The molecule has 1 aliphatic carbocycles. The lowest BCUT2D eigenvalue weighted by Gasteiger charge is -1.94. The molecule has 0 radical (unpaired) electrons. The number of carbonyl (C=O) groups excluding carboxylic acids is 1. The maximum atomic E-state index is 11.4. The zero-order valence-electron chi connectivity index (χ0n) is 9.59. The van der Waals surface area contributed by atoms with Crippen molar-refractivity contribution in [1.29, 1.82) is 0 Å². The molecule has 0 aromatic heterocycles. The maximum Gasteiger partial charge on any atom is 0.309 e. The molecule has 0 bridgehead atoms. The summed E-state index contributed by atoms with van der Waals surface area (Å²) in [4.78, 5) is 11.4. The normalized spacial score (nSPS) is 28.0. The Labute approximate surface area is 95.9 Å². The standard InChI is InChI=1S/C14H16O2/c1-10-12(13(10)14(15)16-2)9-8-11-6-4-3-5-7-11/h3-10,12-13H,1-2H3/b9-8+/t10-,12+,13-/m1/s1. The summed E-state index contributed by atoms with van der Waals surface area (Å²) in [6.45, 7) is 2.08. The van der Waals surface area contributed by atoms with E-state index in [-0.39, 0.29) is 11.9 Å². The van der Waals surface area contributed by atoms with Crippen molar-refractivity contribution in [3.05, 3.63) is 42.0 Å². The molecule has 1 aromatic carbocycles. The Balaban J connectivity index is 1.98. The lowest BCUT2D eigenvalue weighted by Crippen LogP contribution is -2.04. The molecule has 0 N–H and O–H groups in total. The van der Waals surface area contributed by atoms with E-state index in [1.165, 1.54) is 12.7 Å². The molecule has 1 saturated carbocycles. The summed E-state index contributed by atoms with van der Waals surface area (Å²) in [6, 6.07) is 10.1. The van der Waals surface area contributed by atoms with Gasteiger partial charge in [-0.3, -0.25) is 4.79 Å². The Morgan fingerprint density at radius 3 is 2.62 bits per heavy atom. The number of esters is 1. The fraction of sp³-hybridized carbons (Fsp3) is 0.357. The average molecular weight is 216 g/mol. The molecule has 0 saturated heterocycles.